The van der Waals surface area contributed by atoms with E-state index in [1.54, 1.807) is 6.07 Å². The van der Waals surface area contributed by atoms with Crippen LogP contribution in [0.2, 0.25) is 0 Å². The Morgan fingerprint density at radius 2 is 2.04 bits per heavy atom. The molecule has 0 aliphatic heterocycles. The van der Waals surface area contributed by atoms with Gasteiger partial charge >= 0.3 is 6.03 Å². The second-order valence-corrected chi connectivity index (χ2v) is 5.77. The van der Waals surface area contributed by atoms with Crippen molar-refractivity contribution >= 4 is 11.7 Å². The number of oxazole rings is 1. The Balaban J connectivity index is 1.65. The molecule has 25 heavy (non-hydrogen) atoms. The molecule has 0 unspecified atom stereocenters. The fourth-order valence-corrected chi connectivity index (χ4v) is 2.27. The lowest BCUT2D eigenvalue weighted by Crippen LogP contribution is -2.29. The molecule has 130 valence electrons. The third kappa shape index (κ3) is 3.68. The zero-order valence-corrected chi connectivity index (χ0v) is 14.6. The fraction of sp³-hybridized carbons (Fsp3) is 0.294. The van der Waals surface area contributed by atoms with E-state index in [2.05, 4.69) is 25.8 Å². The van der Waals surface area contributed by atoms with Crippen LogP contribution >= 0.6 is 0 Å². The van der Waals surface area contributed by atoms with E-state index in [1.807, 2.05) is 50.6 Å². The Hall–Kier alpha value is -3.16. The van der Waals surface area contributed by atoms with Crippen LogP contribution in [0.3, 0.4) is 0 Å². The number of benzene rings is 1. The molecule has 8 heteroatoms. The van der Waals surface area contributed by atoms with Crippen molar-refractivity contribution in [3.05, 3.63) is 47.4 Å². The van der Waals surface area contributed by atoms with Crippen LogP contribution in [0.25, 0.3) is 11.5 Å². The number of amides is 2. The number of carbonyl (C=O) groups excluding carboxylic acids is 1. The third-order valence-electron chi connectivity index (χ3n) is 3.99. The zero-order chi connectivity index (χ0) is 18.0. The van der Waals surface area contributed by atoms with Crippen LogP contribution in [0.4, 0.5) is 10.5 Å². The predicted molar refractivity (Wildman–Crippen MR) is 93.0 cm³/mol. The summed E-state index contributed by atoms with van der Waals surface area (Å²) in [5.41, 5.74) is 2.31. The van der Waals surface area contributed by atoms with Gasteiger partial charge in [-0.1, -0.05) is 6.07 Å². The largest absolute Gasteiger partial charge is 0.441 e. The molecule has 0 aliphatic rings. The molecule has 0 spiro atoms. The number of nitrogens with one attached hydrogen (secondary N) is 2. The van der Waals surface area contributed by atoms with E-state index in [0.29, 0.717) is 23.9 Å². The third-order valence-corrected chi connectivity index (χ3v) is 3.99. The monoisotopic (exact) mass is 340 g/mol. The highest BCUT2D eigenvalue weighted by molar-refractivity contribution is 5.89. The molecule has 1 aromatic carbocycles. The first-order chi connectivity index (χ1) is 11.9. The van der Waals surface area contributed by atoms with Crippen molar-refractivity contribution < 1.29 is 9.21 Å². The van der Waals surface area contributed by atoms with Gasteiger partial charge in [0.05, 0.1) is 12.2 Å². The van der Waals surface area contributed by atoms with Crippen molar-refractivity contribution in [2.75, 3.05) is 5.32 Å². The molecule has 2 heterocycles. The summed E-state index contributed by atoms with van der Waals surface area (Å²) >= 11 is 0. The van der Waals surface area contributed by atoms with Crippen LogP contribution in [0.5, 0.6) is 0 Å². The average molecular weight is 340 g/mol. The highest BCUT2D eigenvalue weighted by atomic mass is 16.4. The summed E-state index contributed by atoms with van der Waals surface area (Å²) in [6.45, 7) is 5.91. The second kappa shape index (κ2) is 6.76. The van der Waals surface area contributed by atoms with E-state index < -0.39 is 0 Å². The first-order valence-electron chi connectivity index (χ1n) is 7.88. The van der Waals surface area contributed by atoms with E-state index >= 15 is 0 Å². The van der Waals surface area contributed by atoms with Gasteiger partial charge in [-0.25, -0.2) is 9.78 Å². The van der Waals surface area contributed by atoms with Gasteiger partial charge in [0, 0.05) is 18.3 Å². The Kier molecular flexibility index (Phi) is 4.51. The Bertz CT molecular complexity index is 892. The molecule has 2 aromatic heterocycles. The maximum Gasteiger partial charge on any atom is 0.319 e. The highest BCUT2D eigenvalue weighted by Crippen LogP contribution is 2.23. The van der Waals surface area contributed by atoms with Crippen LogP contribution in [-0.2, 0) is 13.6 Å². The Labute approximate surface area is 145 Å². The molecule has 0 aliphatic carbocycles. The number of carbonyl (C=O) groups is 1. The first kappa shape index (κ1) is 16.7. The minimum atomic E-state index is -0.322. The van der Waals surface area contributed by atoms with Crippen molar-refractivity contribution in [1.82, 2.24) is 25.1 Å². The van der Waals surface area contributed by atoms with Gasteiger partial charge in [0.2, 0.25) is 5.89 Å². The summed E-state index contributed by atoms with van der Waals surface area (Å²) in [6, 6.07) is 7.02. The maximum absolute atomic E-state index is 12.1. The summed E-state index contributed by atoms with van der Waals surface area (Å²) in [5, 5.41) is 13.5. The lowest BCUT2D eigenvalue weighted by Gasteiger charge is -2.08. The number of aromatic nitrogens is 4. The molecule has 3 rings (SSSR count). The van der Waals surface area contributed by atoms with Crippen LogP contribution in [-0.4, -0.2) is 25.8 Å². The molecule has 8 nitrogen and oxygen atoms in total. The number of urea groups is 1. The normalized spacial score (nSPS) is 10.7. The van der Waals surface area contributed by atoms with Crippen LogP contribution in [0.1, 0.15) is 23.1 Å². The predicted octanol–water partition coefficient (Wildman–Crippen LogP) is 2.72. The molecule has 0 atom stereocenters. The van der Waals surface area contributed by atoms with Gasteiger partial charge < -0.3 is 19.6 Å². The first-order valence-corrected chi connectivity index (χ1v) is 7.88. The van der Waals surface area contributed by atoms with E-state index in [-0.39, 0.29) is 6.03 Å². The van der Waals surface area contributed by atoms with E-state index in [9.17, 15) is 4.79 Å². The molecule has 0 saturated heterocycles. The number of aryl methyl sites for hydroxylation is 3. The molecule has 0 fully saturated rings. The smallest absolute Gasteiger partial charge is 0.319 e. The fourth-order valence-electron chi connectivity index (χ4n) is 2.27. The van der Waals surface area contributed by atoms with Gasteiger partial charge in [0.25, 0.3) is 0 Å². The number of rotatable bonds is 4. The summed E-state index contributed by atoms with van der Waals surface area (Å²) in [6.07, 6.45) is 0. The minimum absolute atomic E-state index is 0.293. The van der Waals surface area contributed by atoms with E-state index in [0.717, 1.165) is 22.8 Å². The number of anilines is 1. The van der Waals surface area contributed by atoms with Crippen LogP contribution < -0.4 is 10.6 Å². The molecular formula is C17H20N6O2. The topological polar surface area (TPSA) is 97.9 Å². The number of hydrogen-bond acceptors (Lipinski definition) is 5. The summed E-state index contributed by atoms with van der Waals surface area (Å²) in [5.74, 6) is 2.80. The average Bonchev–Trinajstić information content (AvgIpc) is 3.09. The number of nitrogens with zero attached hydrogens (tertiary/aromatic N) is 4. The van der Waals surface area contributed by atoms with Crippen molar-refractivity contribution in [1.29, 1.82) is 0 Å². The summed E-state index contributed by atoms with van der Waals surface area (Å²) in [7, 11) is 1.86. The zero-order valence-electron chi connectivity index (χ0n) is 14.6. The molecule has 0 bridgehead atoms. The highest BCUT2D eigenvalue weighted by Gasteiger charge is 2.10. The van der Waals surface area contributed by atoms with Gasteiger partial charge in [0.1, 0.15) is 11.6 Å². The second-order valence-electron chi connectivity index (χ2n) is 5.77. The van der Waals surface area contributed by atoms with Crippen LogP contribution in [0.15, 0.2) is 28.7 Å². The molecule has 2 amide bonds. The van der Waals surface area contributed by atoms with Crippen molar-refractivity contribution in [3.63, 3.8) is 0 Å². The van der Waals surface area contributed by atoms with Crippen LogP contribution in [0, 0.1) is 20.8 Å². The lowest BCUT2D eigenvalue weighted by molar-refractivity contribution is 0.251. The van der Waals surface area contributed by atoms with Gasteiger partial charge in [-0.05, 0) is 39.0 Å². The van der Waals surface area contributed by atoms with Gasteiger partial charge in [-0.15, -0.1) is 10.2 Å². The molecule has 2 N–H and O–H groups in total. The minimum Gasteiger partial charge on any atom is -0.441 e. The maximum atomic E-state index is 12.1. The van der Waals surface area contributed by atoms with Crippen molar-refractivity contribution in [3.8, 4) is 11.5 Å². The summed E-state index contributed by atoms with van der Waals surface area (Å²) < 4.78 is 7.45. The lowest BCUT2D eigenvalue weighted by atomic mass is 10.2. The number of hydrogen-bond donors (Lipinski definition) is 2. The molecular weight excluding hydrogens is 320 g/mol. The Morgan fingerprint density at radius 1 is 1.24 bits per heavy atom. The quantitative estimate of drug-likeness (QED) is 0.761. The summed E-state index contributed by atoms with van der Waals surface area (Å²) in [4.78, 5) is 16.5. The van der Waals surface area contributed by atoms with Gasteiger partial charge in [0.15, 0.2) is 5.82 Å². The molecule has 3 aromatic rings. The molecule has 0 saturated carbocycles. The van der Waals surface area contributed by atoms with Gasteiger partial charge in [-0.3, -0.25) is 0 Å². The standard InChI is InChI=1S/C17H20N6O2/c1-10-11(2)25-16(19-10)13-6-5-7-14(8-13)20-17(24)18-9-15-22-21-12(3)23(15)4/h5-8H,9H2,1-4H3,(H2,18,20,24). The van der Waals surface area contributed by atoms with E-state index in [4.69, 9.17) is 4.42 Å². The van der Waals surface area contributed by atoms with Crippen molar-refractivity contribution in [2.24, 2.45) is 7.05 Å². The van der Waals surface area contributed by atoms with E-state index in [1.165, 1.54) is 0 Å². The van der Waals surface area contributed by atoms with Crippen molar-refractivity contribution in [2.45, 2.75) is 27.3 Å². The Morgan fingerprint density at radius 3 is 2.68 bits per heavy atom. The SMILES string of the molecule is Cc1nc(-c2cccc(NC(=O)NCc3nnc(C)n3C)c2)oc1C. The van der Waals surface area contributed by atoms with Gasteiger partial charge in [-0.2, -0.15) is 0 Å². The molecule has 0 radical (unpaired) electrons.